The van der Waals surface area contributed by atoms with Crippen LogP contribution in [0.5, 0.6) is 5.75 Å². The van der Waals surface area contributed by atoms with E-state index in [-0.39, 0.29) is 0 Å². The topological polar surface area (TPSA) is 45.0 Å². The molecule has 2 aromatic rings. The van der Waals surface area contributed by atoms with E-state index in [4.69, 9.17) is 21.6 Å². The van der Waals surface area contributed by atoms with Crippen molar-refractivity contribution in [2.24, 2.45) is 0 Å². The Morgan fingerprint density at radius 2 is 2.20 bits per heavy atom. The molecule has 5 heteroatoms. The fourth-order valence-corrected chi connectivity index (χ4v) is 4.19. The number of thioether (sulfide) groups is 1. The van der Waals surface area contributed by atoms with Gasteiger partial charge in [0.25, 0.3) is 0 Å². The van der Waals surface area contributed by atoms with Crippen molar-refractivity contribution in [2.75, 3.05) is 12.4 Å². The van der Waals surface area contributed by atoms with Crippen molar-refractivity contribution in [3.05, 3.63) is 58.6 Å². The quantitative estimate of drug-likeness (QED) is 0.665. The molecule has 0 aliphatic carbocycles. The molecule has 3 rings (SSSR count). The van der Waals surface area contributed by atoms with Gasteiger partial charge >= 0.3 is 0 Å². The third-order valence-electron chi connectivity index (χ3n) is 4.16. The first-order valence-electron chi connectivity index (χ1n) is 8.50. The molecule has 1 heterocycles. The summed E-state index contributed by atoms with van der Waals surface area (Å²) in [6.45, 7) is 1.37. The van der Waals surface area contributed by atoms with E-state index < -0.39 is 0 Å². The Kier molecular flexibility index (Phi) is 6.63. The van der Waals surface area contributed by atoms with Crippen LogP contribution in [0.1, 0.15) is 36.4 Å². The third kappa shape index (κ3) is 5.15. The standard InChI is InChI=1S/C20H21ClN2OS/c21-16-6-7-20-18(13-16)19(8-11-25-20)23-14-15-4-3-5-17(12-15)24-10-2-1-9-22/h3-7,12-13,19,23H,1-2,8,10-11,14H2. The lowest BCUT2D eigenvalue weighted by atomic mass is 10.0. The number of hydrogen-bond donors (Lipinski definition) is 1. The molecule has 0 radical (unpaired) electrons. The van der Waals surface area contributed by atoms with Gasteiger partial charge in [0.1, 0.15) is 5.75 Å². The van der Waals surface area contributed by atoms with Gasteiger partial charge < -0.3 is 10.1 Å². The highest BCUT2D eigenvalue weighted by atomic mass is 35.5. The number of nitrogens with zero attached hydrogens (tertiary/aromatic N) is 1. The molecule has 0 fully saturated rings. The molecule has 3 nitrogen and oxygen atoms in total. The van der Waals surface area contributed by atoms with E-state index in [1.54, 1.807) is 0 Å². The Bertz CT molecular complexity index is 760. The van der Waals surface area contributed by atoms with Gasteiger partial charge in [0.2, 0.25) is 0 Å². The number of halogens is 1. The predicted molar refractivity (Wildman–Crippen MR) is 103 cm³/mol. The van der Waals surface area contributed by atoms with Gasteiger partial charge in [-0.15, -0.1) is 11.8 Å². The Morgan fingerprint density at radius 3 is 3.08 bits per heavy atom. The van der Waals surface area contributed by atoms with Crippen LogP contribution in [0, 0.1) is 11.3 Å². The van der Waals surface area contributed by atoms with E-state index >= 15 is 0 Å². The normalized spacial score (nSPS) is 16.1. The summed E-state index contributed by atoms with van der Waals surface area (Å²) in [5.41, 5.74) is 2.49. The van der Waals surface area contributed by atoms with Crippen molar-refractivity contribution in [3.63, 3.8) is 0 Å². The molecule has 0 bridgehead atoms. The van der Waals surface area contributed by atoms with E-state index in [2.05, 4.69) is 35.7 Å². The maximum absolute atomic E-state index is 8.56. The summed E-state index contributed by atoms with van der Waals surface area (Å²) in [4.78, 5) is 1.32. The van der Waals surface area contributed by atoms with Gasteiger partial charge in [-0.2, -0.15) is 5.26 Å². The molecule has 130 valence electrons. The van der Waals surface area contributed by atoms with Crippen LogP contribution in [0.15, 0.2) is 47.4 Å². The zero-order chi connectivity index (χ0) is 17.5. The van der Waals surface area contributed by atoms with Crippen molar-refractivity contribution in [1.29, 1.82) is 5.26 Å². The van der Waals surface area contributed by atoms with Crippen molar-refractivity contribution < 1.29 is 4.74 Å². The summed E-state index contributed by atoms with van der Waals surface area (Å²) >= 11 is 8.07. The molecule has 0 saturated carbocycles. The first-order chi connectivity index (χ1) is 12.3. The monoisotopic (exact) mass is 372 g/mol. The molecule has 1 atom stereocenters. The van der Waals surface area contributed by atoms with Crippen LogP contribution in [0.25, 0.3) is 0 Å². The summed E-state index contributed by atoms with van der Waals surface area (Å²) < 4.78 is 5.71. The molecule has 25 heavy (non-hydrogen) atoms. The number of nitrogens with one attached hydrogen (secondary N) is 1. The molecule has 0 aromatic heterocycles. The molecule has 1 aliphatic heterocycles. The van der Waals surface area contributed by atoms with Crippen LogP contribution < -0.4 is 10.1 Å². The zero-order valence-corrected chi connectivity index (χ0v) is 15.6. The van der Waals surface area contributed by atoms with Crippen LogP contribution in [-0.2, 0) is 6.54 Å². The average Bonchev–Trinajstić information content (AvgIpc) is 2.64. The molecule has 1 unspecified atom stereocenters. The zero-order valence-electron chi connectivity index (χ0n) is 14.0. The molecule has 0 saturated heterocycles. The second-order valence-electron chi connectivity index (χ2n) is 6.01. The Hall–Kier alpha value is -1.67. The van der Waals surface area contributed by atoms with Gasteiger partial charge in [-0.3, -0.25) is 0 Å². The number of rotatable bonds is 7. The minimum Gasteiger partial charge on any atom is -0.494 e. The van der Waals surface area contributed by atoms with Crippen LogP contribution in [0.2, 0.25) is 5.02 Å². The average molecular weight is 373 g/mol. The maximum atomic E-state index is 8.56. The minimum atomic E-state index is 0.329. The number of unbranched alkanes of at least 4 members (excludes halogenated alkanes) is 1. The Labute approximate surface area is 158 Å². The maximum Gasteiger partial charge on any atom is 0.119 e. The minimum absolute atomic E-state index is 0.329. The van der Waals surface area contributed by atoms with E-state index in [1.165, 1.54) is 16.0 Å². The molecule has 0 spiro atoms. The summed E-state index contributed by atoms with van der Waals surface area (Å²) in [7, 11) is 0. The van der Waals surface area contributed by atoms with Crippen molar-refractivity contribution in [1.82, 2.24) is 5.32 Å². The Morgan fingerprint density at radius 1 is 1.28 bits per heavy atom. The molecule has 1 N–H and O–H groups in total. The second-order valence-corrected chi connectivity index (χ2v) is 7.58. The first kappa shape index (κ1) is 18.1. The SMILES string of the molecule is N#CCCCOc1cccc(CNC2CCSc3ccc(Cl)cc32)c1. The lowest BCUT2D eigenvalue weighted by molar-refractivity contribution is 0.312. The van der Waals surface area contributed by atoms with Gasteiger partial charge in [0, 0.05) is 28.9 Å². The number of ether oxygens (including phenoxy) is 1. The number of hydrogen-bond acceptors (Lipinski definition) is 4. The van der Waals surface area contributed by atoms with E-state index in [9.17, 15) is 0 Å². The second kappa shape index (κ2) is 9.15. The summed E-state index contributed by atoms with van der Waals surface area (Å²) in [6.07, 6.45) is 2.39. The lowest BCUT2D eigenvalue weighted by Crippen LogP contribution is -2.24. The highest BCUT2D eigenvalue weighted by Gasteiger charge is 2.20. The molecule has 0 amide bonds. The highest BCUT2D eigenvalue weighted by Crippen LogP contribution is 2.37. The first-order valence-corrected chi connectivity index (χ1v) is 9.87. The van der Waals surface area contributed by atoms with Crippen LogP contribution >= 0.6 is 23.4 Å². The van der Waals surface area contributed by atoms with Gasteiger partial charge in [0.05, 0.1) is 12.7 Å². The molecular weight excluding hydrogens is 352 g/mol. The van der Waals surface area contributed by atoms with E-state index in [0.717, 1.165) is 35.9 Å². The lowest BCUT2D eigenvalue weighted by Gasteiger charge is -2.26. The number of fused-ring (bicyclic) bond motifs is 1. The van der Waals surface area contributed by atoms with Crippen LogP contribution in [-0.4, -0.2) is 12.4 Å². The van der Waals surface area contributed by atoms with Crippen molar-refractivity contribution in [2.45, 2.75) is 36.7 Å². The molecule has 1 aliphatic rings. The fraction of sp³-hybridized carbons (Fsp3) is 0.350. The van der Waals surface area contributed by atoms with E-state index in [1.807, 2.05) is 30.0 Å². The predicted octanol–water partition coefficient (Wildman–Crippen LogP) is 5.35. The summed E-state index contributed by atoms with van der Waals surface area (Å²) in [5.74, 6) is 1.98. The van der Waals surface area contributed by atoms with Crippen molar-refractivity contribution >= 4 is 23.4 Å². The number of nitriles is 1. The largest absolute Gasteiger partial charge is 0.494 e. The summed E-state index contributed by atoms with van der Waals surface area (Å²) in [5, 5.41) is 13.0. The van der Waals surface area contributed by atoms with E-state index in [0.29, 0.717) is 19.1 Å². The number of benzene rings is 2. The van der Waals surface area contributed by atoms with Gasteiger partial charge in [-0.1, -0.05) is 23.7 Å². The highest BCUT2D eigenvalue weighted by molar-refractivity contribution is 7.99. The van der Waals surface area contributed by atoms with Gasteiger partial charge in [-0.25, -0.2) is 0 Å². The molecular formula is C20H21ClN2OS. The smallest absolute Gasteiger partial charge is 0.119 e. The van der Waals surface area contributed by atoms with Crippen LogP contribution in [0.4, 0.5) is 0 Å². The fourth-order valence-electron chi connectivity index (χ4n) is 2.90. The third-order valence-corrected chi connectivity index (χ3v) is 5.52. The van der Waals surface area contributed by atoms with Gasteiger partial charge in [-0.05, 0) is 60.1 Å². The summed E-state index contributed by atoms with van der Waals surface area (Å²) in [6, 6.07) is 16.8. The Balaban J connectivity index is 1.59. The van der Waals surface area contributed by atoms with Crippen LogP contribution in [0.3, 0.4) is 0 Å². The van der Waals surface area contributed by atoms with Gasteiger partial charge in [0.15, 0.2) is 0 Å². The van der Waals surface area contributed by atoms with Crippen molar-refractivity contribution in [3.8, 4) is 11.8 Å². The molecule has 2 aromatic carbocycles.